The minimum absolute atomic E-state index is 0.0154. The van der Waals surface area contributed by atoms with Gasteiger partial charge in [0.15, 0.2) is 0 Å². The van der Waals surface area contributed by atoms with Gasteiger partial charge >= 0.3 is 11.7 Å². The molecular weight excluding hydrogens is 366 g/mol. The van der Waals surface area contributed by atoms with Crippen molar-refractivity contribution < 1.29 is 19.6 Å². The van der Waals surface area contributed by atoms with Gasteiger partial charge in [-0.2, -0.15) is 0 Å². The monoisotopic (exact) mass is 371 g/mol. The Hall–Kier alpha value is -2.12. The van der Waals surface area contributed by atoms with Gasteiger partial charge in [-0.3, -0.25) is 10.1 Å². The predicted octanol–water partition coefficient (Wildman–Crippen LogP) is 4.50. The molecule has 0 amide bonds. The molecule has 0 fully saturated rings. The zero-order valence-electron chi connectivity index (χ0n) is 10.2. The second-order valence-corrected chi connectivity index (χ2v) is 5.16. The van der Waals surface area contributed by atoms with Crippen molar-refractivity contribution in [2.24, 2.45) is 0 Å². The van der Waals surface area contributed by atoms with Gasteiger partial charge in [-0.1, -0.05) is 17.7 Å². The summed E-state index contributed by atoms with van der Waals surface area (Å²) in [5.41, 5.74) is -0.298. The predicted molar refractivity (Wildman–Crippen MR) is 79.3 cm³/mol. The number of nitro benzene ring substituents is 1. The van der Waals surface area contributed by atoms with Crippen LogP contribution in [0.2, 0.25) is 5.02 Å². The third kappa shape index (κ3) is 3.32. The molecule has 0 aliphatic rings. The van der Waals surface area contributed by atoms with E-state index in [1.54, 1.807) is 6.07 Å². The van der Waals surface area contributed by atoms with Gasteiger partial charge in [0.2, 0.25) is 5.75 Å². The molecule has 0 aliphatic carbocycles. The van der Waals surface area contributed by atoms with E-state index in [0.717, 1.165) is 0 Å². The summed E-state index contributed by atoms with van der Waals surface area (Å²) >= 11 is 9.00. The van der Waals surface area contributed by atoms with E-state index in [1.165, 1.54) is 30.3 Å². The number of ether oxygens (including phenoxy) is 1. The van der Waals surface area contributed by atoms with Crippen molar-refractivity contribution >= 4 is 39.2 Å². The lowest BCUT2D eigenvalue weighted by Gasteiger charge is -2.09. The van der Waals surface area contributed by atoms with E-state index in [-0.39, 0.29) is 27.8 Å². The lowest BCUT2D eigenvalue weighted by molar-refractivity contribution is -0.385. The van der Waals surface area contributed by atoms with Crippen molar-refractivity contribution in [3.63, 3.8) is 0 Å². The van der Waals surface area contributed by atoms with Gasteiger partial charge in [0, 0.05) is 12.1 Å². The molecule has 1 N–H and O–H groups in total. The number of carboxylic acids is 1. The number of nitrogens with zero attached hydrogens (tertiary/aromatic N) is 1. The molecule has 108 valence electrons. The Morgan fingerprint density at radius 1 is 1.33 bits per heavy atom. The summed E-state index contributed by atoms with van der Waals surface area (Å²) in [6.07, 6.45) is 0. The summed E-state index contributed by atoms with van der Waals surface area (Å²) in [5, 5.41) is 19.8. The summed E-state index contributed by atoms with van der Waals surface area (Å²) in [6, 6.07) is 8.33. The maximum Gasteiger partial charge on any atom is 0.337 e. The quantitative estimate of drug-likeness (QED) is 0.630. The summed E-state index contributed by atoms with van der Waals surface area (Å²) in [6.45, 7) is 0. The second-order valence-electron chi connectivity index (χ2n) is 3.89. The van der Waals surface area contributed by atoms with E-state index < -0.39 is 10.9 Å². The number of benzene rings is 2. The smallest absolute Gasteiger partial charge is 0.337 e. The first kappa shape index (κ1) is 15.3. The number of halogens is 2. The van der Waals surface area contributed by atoms with Gasteiger partial charge in [-0.25, -0.2) is 4.79 Å². The third-order valence-corrected chi connectivity index (χ3v) is 3.47. The minimum Gasteiger partial charge on any atom is -0.478 e. The molecule has 0 atom stereocenters. The molecule has 0 spiro atoms. The molecule has 0 aliphatic heterocycles. The van der Waals surface area contributed by atoms with Gasteiger partial charge < -0.3 is 9.84 Å². The summed E-state index contributed by atoms with van der Waals surface area (Å²) in [4.78, 5) is 21.3. The first-order chi connectivity index (χ1) is 9.90. The molecule has 0 saturated heterocycles. The van der Waals surface area contributed by atoms with Crippen molar-refractivity contribution in [3.8, 4) is 11.5 Å². The third-order valence-electron chi connectivity index (χ3n) is 2.53. The Labute approximate surface area is 132 Å². The highest BCUT2D eigenvalue weighted by atomic mass is 79.9. The summed E-state index contributed by atoms with van der Waals surface area (Å²) in [7, 11) is 0. The van der Waals surface area contributed by atoms with Crippen LogP contribution in [0.4, 0.5) is 5.69 Å². The number of carboxylic acid groups (broad SMARTS) is 1. The van der Waals surface area contributed by atoms with Crippen LogP contribution in [0.1, 0.15) is 10.4 Å². The van der Waals surface area contributed by atoms with Gasteiger partial charge in [-0.05, 0) is 34.1 Å². The normalized spacial score (nSPS) is 10.2. The van der Waals surface area contributed by atoms with Gasteiger partial charge in [0.25, 0.3) is 0 Å². The van der Waals surface area contributed by atoms with Crippen LogP contribution in [-0.4, -0.2) is 16.0 Å². The molecule has 0 bridgehead atoms. The van der Waals surface area contributed by atoms with E-state index >= 15 is 0 Å². The molecule has 0 radical (unpaired) electrons. The van der Waals surface area contributed by atoms with E-state index in [2.05, 4.69) is 15.9 Å². The average molecular weight is 373 g/mol. The van der Waals surface area contributed by atoms with Gasteiger partial charge in [0.1, 0.15) is 5.75 Å². The van der Waals surface area contributed by atoms with Crippen LogP contribution in [0, 0.1) is 10.1 Å². The molecular formula is C13H7BrClNO5. The molecule has 0 saturated carbocycles. The van der Waals surface area contributed by atoms with Gasteiger partial charge in [-0.15, -0.1) is 0 Å². The number of para-hydroxylation sites is 1. The Kier molecular flexibility index (Phi) is 4.44. The lowest BCUT2D eigenvalue weighted by atomic mass is 10.2. The van der Waals surface area contributed by atoms with Crippen molar-refractivity contribution in [1.29, 1.82) is 0 Å². The molecule has 2 aromatic rings. The van der Waals surface area contributed by atoms with Crippen molar-refractivity contribution in [1.82, 2.24) is 0 Å². The minimum atomic E-state index is -1.17. The second kappa shape index (κ2) is 6.11. The fourth-order valence-corrected chi connectivity index (χ4v) is 2.28. The maximum atomic E-state index is 11.0. The number of hydrogen-bond acceptors (Lipinski definition) is 4. The number of rotatable bonds is 4. The van der Waals surface area contributed by atoms with E-state index in [1.807, 2.05) is 0 Å². The molecule has 6 nitrogen and oxygen atoms in total. The van der Waals surface area contributed by atoms with E-state index in [9.17, 15) is 14.9 Å². The molecule has 0 unspecified atom stereocenters. The zero-order valence-corrected chi connectivity index (χ0v) is 12.6. The molecule has 0 heterocycles. The lowest BCUT2D eigenvalue weighted by Crippen LogP contribution is -1.98. The van der Waals surface area contributed by atoms with Crippen LogP contribution in [0.5, 0.6) is 11.5 Å². The fraction of sp³-hybridized carbons (Fsp3) is 0. The summed E-state index contributed by atoms with van der Waals surface area (Å²) < 4.78 is 5.85. The zero-order chi connectivity index (χ0) is 15.6. The van der Waals surface area contributed by atoms with Crippen molar-refractivity contribution in [2.75, 3.05) is 0 Å². The largest absolute Gasteiger partial charge is 0.478 e. The Morgan fingerprint density at radius 3 is 2.62 bits per heavy atom. The van der Waals surface area contributed by atoms with Crippen LogP contribution in [0.25, 0.3) is 0 Å². The van der Waals surface area contributed by atoms with Crippen LogP contribution in [-0.2, 0) is 0 Å². The first-order valence-electron chi connectivity index (χ1n) is 5.53. The Balaban J connectivity index is 2.41. The van der Waals surface area contributed by atoms with Crippen molar-refractivity contribution in [2.45, 2.75) is 0 Å². The topological polar surface area (TPSA) is 89.7 Å². The summed E-state index contributed by atoms with van der Waals surface area (Å²) in [5.74, 6) is -0.958. The molecule has 21 heavy (non-hydrogen) atoms. The number of nitro groups is 1. The highest BCUT2D eigenvalue weighted by Gasteiger charge is 2.19. The SMILES string of the molecule is O=C(O)c1ccc(Oc2c(Br)cccc2[N+](=O)[O-])cc1Cl. The van der Waals surface area contributed by atoms with Gasteiger partial charge in [0.05, 0.1) is 20.0 Å². The first-order valence-corrected chi connectivity index (χ1v) is 6.71. The van der Waals surface area contributed by atoms with Crippen LogP contribution < -0.4 is 4.74 Å². The van der Waals surface area contributed by atoms with Crippen LogP contribution in [0.15, 0.2) is 40.9 Å². The van der Waals surface area contributed by atoms with Crippen LogP contribution in [0.3, 0.4) is 0 Å². The molecule has 2 aromatic carbocycles. The maximum absolute atomic E-state index is 11.0. The van der Waals surface area contributed by atoms with Crippen LogP contribution >= 0.6 is 27.5 Å². The van der Waals surface area contributed by atoms with E-state index in [0.29, 0.717) is 4.47 Å². The standard InChI is InChI=1S/C13H7BrClNO5/c14-9-2-1-3-11(16(19)20)12(9)21-7-4-5-8(13(17)18)10(15)6-7/h1-6H,(H,17,18). The Morgan fingerprint density at radius 2 is 2.05 bits per heavy atom. The fourth-order valence-electron chi connectivity index (χ4n) is 1.59. The van der Waals surface area contributed by atoms with Crippen molar-refractivity contribution in [3.05, 3.63) is 61.6 Å². The molecule has 8 heteroatoms. The van der Waals surface area contributed by atoms with E-state index in [4.69, 9.17) is 21.4 Å². The number of carbonyl (C=O) groups is 1. The average Bonchev–Trinajstić information content (AvgIpc) is 2.40. The Bertz CT molecular complexity index is 734. The highest BCUT2D eigenvalue weighted by molar-refractivity contribution is 9.10. The number of hydrogen-bond donors (Lipinski definition) is 1. The molecule has 2 rings (SSSR count). The highest BCUT2D eigenvalue weighted by Crippen LogP contribution is 2.38. The molecule has 0 aromatic heterocycles. The number of aromatic carboxylic acids is 1.